The van der Waals surface area contributed by atoms with Crippen LogP contribution in [0.3, 0.4) is 0 Å². The second kappa shape index (κ2) is 9.24. The Labute approximate surface area is 201 Å². The summed E-state index contributed by atoms with van der Waals surface area (Å²) in [6, 6.07) is 13.3. The van der Waals surface area contributed by atoms with Gasteiger partial charge in [-0.1, -0.05) is 47.1 Å². The van der Waals surface area contributed by atoms with Gasteiger partial charge in [0.05, 0.1) is 0 Å². The molecular formula is C26H34ClN5O. The van der Waals surface area contributed by atoms with Gasteiger partial charge in [0.25, 0.3) is 0 Å². The largest absolute Gasteiger partial charge is 0.361 e. The number of aryl methyl sites for hydroxylation is 2. The molecule has 7 heteroatoms. The summed E-state index contributed by atoms with van der Waals surface area (Å²) in [5.74, 6) is 0.783. The molecule has 1 spiro atoms. The molecular weight excluding hydrogens is 434 g/mol. The first-order valence-corrected chi connectivity index (χ1v) is 12.5. The van der Waals surface area contributed by atoms with E-state index in [9.17, 15) is 0 Å². The second-order valence-electron chi connectivity index (χ2n) is 9.96. The number of rotatable bonds is 5. The van der Waals surface area contributed by atoms with Crippen molar-refractivity contribution in [2.24, 2.45) is 12.5 Å². The smallest absolute Gasteiger partial charge is 0.134 e. The fourth-order valence-electron chi connectivity index (χ4n) is 5.61. The lowest BCUT2D eigenvalue weighted by molar-refractivity contribution is 0.0202. The van der Waals surface area contributed by atoms with Crippen LogP contribution < -0.4 is 0 Å². The van der Waals surface area contributed by atoms with E-state index in [1.165, 1.54) is 44.3 Å². The third kappa shape index (κ3) is 4.61. The van der Waals surface area contributed by atoms with Gasteiger partial charge in [0.15, 0.2) is 0 Å². The number of piperidine rings is 2. The number of hydrogen-bond donors (Lipinski definition) is 0. The highest BCUT2D eigenvalue weighted by Crippen LogP contribution is 2.43. The number of aromatic nitrogens is 3. The van der Waals surface area contributed by atoms with Crippen LogP contribution in [0.25, 0.3) is 11.4 Å². The molecule has 2 fully saturated rings. The van der Waals surface area contributed by atoms with Crippen molar-refractivity contribution in [3.05, 3.63) is 58.4 Å². The number of likely N-dealkylation sites (tertiary alicyclic amines) is 2. The zero-order chi connectivity index (χ0) is 23.0. The summed E-state index contributed by atoms with van der Waals surface area (Å²) >= 11 is 6.64. The first kappa shape index (κ1) is 22.6. The van der Waals surface area contributed by atoms with Crippen LogP contribution in [-0.2, 0) is 13.6 Å². The Kier molecular flexibility index (Phi) is 6.34. The first-order valence-electron chi connectivity index (χ1n) is 12.1. The fraction of sp³-hybridized carbons (Fsp3) is 0.538. The SMILES string of the molecule is Cc1cc(-c2nn(C)c(Cl)c2CN2CCC3(CC2)CCN(C(C)c2ccccc2)CC3)no1. The van der Waals surface area contributed by atoms with Gasteiger partial charge in [0.2, 0.25) is 0 Å². The highest BCUT2D eigenvalue weighted by molar-refractivity contribution is 6.30. The van der Waals surface area contributed by atoms with E-state index in [2.05, 4.69) is 57.3 Å². The van der Waals surface area contributed by atoms with Crippen molar-refractivity contribution < 1.29 is 4.52 Å². The third-order valence-electron chi connectivity index (χ3n) is 7.93. The Morgan fingerprint density at radius 2 is 1.73 bits per heavy atom. The van der Waals surface area contributed by atoms with Crippen LogP contribution in [0.4, 0.5) is 0 Å². The van der Waals surface area contributed by atoms with Crippen LogP contribution in [0.2, 0.25) is 5.15 Å². The van der Waals surface area contributed by atoms with E-state index < -0.39 is 0 Å². The lowest BCUT2D eigenvalue weighted by atomic mass is 9.71. The summed E-state index contributed by atoms with van der Waals surface area (Å²) in [5.41, 5.74) is 4.57. The molecule has 176 valence electrons. The quantitative estimate of drug-likeness (QED) is 0.497. The molecule has 3 aromatic rings. The fourth-order valence-corrected chi connectivity index (χ4v) is 5.80. The molecule has 0 aliphatic carbocycles. The van der Waals surface area contributed by atoms with Gasteiger partial charge in [0, 0.05) is 31.3 Å². The van der Waals surface area contributed by atoms with E-state index in [1.54, 1.807) is 4.68 Å². The normalized spacial score (nSPS) is 20.4. The third-order valence-corrected chi connectivity index (χ3v) is 8.40. The van der Waals surface area contributed by atoms with Gasteiger partial charge >= 0.3 is 0 Å². The van der Waals surface area contributed by atoms with Crippen molar-refractivity contribution in [2.45, 2.75) is 52.1 Å². The van der Waals surface area contributed by atoms with Crippen molar-refractivity contribution in [3.63, 3.8) is 0 Å². The molecule has 2 aromatic heterocycles. The van der Waals surface area contributed by atoms with Crippen molar-refractivity contribution >= 4 is 11.6 Å². The van der Waals surface area contributed by atoms with Gasteiger partial charge in [-0.25, -0.2) is 0 Å². The maximum Gasteiger partial charge on any atom is 0.134 e. The van der Waals surface area contributed by atoms with Gasteiger partial charge < -0.3 is 4.52 Å². The van der Waals surface area contributed by atoms with Crippen LogP contribution in [0.15, 0.2) is 40.9 Å². The van der Waals surface area contributed by atoms with E-state index >= 15 is 0 Å². The lowest BCUT2D eigenvalue weighted by Gasteiger charge is -2.48. The summed E-state index contributed by atoms with van der Waals surface area (Å²) in [6.45, 7) is 9.66. The minimum atomic E-state index is 0.494. The molecule has 6 nitrogen and oxygen atoms in total. The molecule has 0 radical (unpaired) electrons. The maximum absolute atomic E-state index is 6.64. The van der Waals surface area contributed by atoms with Crippen LogP contribution in [0, 0.1) is 12.3 Å². The van der Waals surface area contributed by atoms with Crippen LogP contribution in [-0.4, -0.2) is 50.9 Å². The van der Waals surface area contributed by atoms with Crippen molar-refractivity contribution in [1.29, 1.82) is 0 Å². The molecule has 1 atom stereocenters. The molecule has 1 unspecified atom stereocenters. The van der Waals surface area contributed by atoms with Crippen molar-refractivity contribution in [1.82, 2.24) is 24.7 Å². The summed E-state index contributed by atoms with van der Waals surface area (Å²) in [4.78, 5) is 5.19. The minimum absolute atomic E-state index is 0.494. The highest BCUT2D eigenvalue weighted by Gasteiger charge is 2.38. The van der Waals surface area contributed by atoms with Crippen LogP contribution in [0.5, 0.6) is 0 Å². The molecule has 4 heterocycles. The monoisotopic (exact) mass is 467 g/mol. The highest BCUT2D eigenvalue weighted by atomic mass is 35.5. The van der Waals surface area contributed by atoms with E-state index in [0.717, 1.165) is 42.3 Å². The lowest BCUT2D eigenvalue weighted by Crippen LogP contribution is -2.47. The summed E-state index contributed by atoms with van der Waals surface area (Å²) < 4.78 is 7.02. The number of hydrogen-bond acceptors (Lipinski definition) is 5. The van der Waals surface area contributed by atoms with Crippen molar-refractivity contribution in [3.8, 4) is 11.4 Å². The Hall–Kier alpha value is -2.15. The molecule has 0 bridgehead atoms. The van der Waals surface area contributed by atoms with Crippen LogP contribution >= 0.6 is 11.6 Å². The molecule has 2 aliphatic heterocycles. The van der Waals surface area contributed by atoms with E-state index in [4.69, 9.17) is 16.1 Å². The van der Waals surface area contributed by atoms with E-state index in [-0.39, 0.29) is 0 Å². The summed E-state index contributed by atoms with van der Waals surface area (Å²) in [7, 11) is 1.89. The number of nitrogens with zero attached hydrogens (tertiary/aromatic N) is 5. The second-order valence-corrected chi connectivity index (χ2v) is 10.3. The van der Waals surface area contributed by atoms with E-state index in [0.29, 0.717) is 16.6 Å². The Morgan fingerprint density at radius 1 is 1.06 bits per heavy atom. The van der Waals surface area contributed by atoms with Gasteiger partial charge in [-0.15, -0.1) is 0 Å². The summed E-state index contributed by atoms with van der Waals surface area (Å²) in [5, 5.41) is 9.48. The number of halogens is 1. The molecule has 2 aliphatic rings. The average molecular weight is 468 g/mol. The van der Waals surface area contributed by atoms with Gasteiger partial charge in [-0.2, -0.15) is 5.10 Å². The maximum atomic E-state index is 6.64. The van der Waals surface area contributed by atoms with Gasteiger partial charge in [-0.05, 0) is 76.7 Å². The molecule has 2 saturated heterocycles. The predicted molar refractivity (Wildman–Crippen MR) is 131 cm³/mol. The predicted octanol–water partition coefficient (Wildman–Crippen LogP) is 5.48. The number of benzene rings is 1. The zero-order valence-corrected chi connectivity index (χ0v) is 20.7. The standard InChI is InChI=1S/C26H34ClN5O/c1-19-17-23(29-33-19)24-22(25(27)30(3)28-24)18-31-13-9-26(10-14-31)11-15-32(16-12-26)20(2)21-7-5-4-6-8-21/h4-8,17,20H,9-16,18H2,1-3H3. The van der Waals surface area contributed by atoms with Gasteiger partial charge in [0.1, 0.15) is 22.3 Å². The molecule has 0 amide bonds. The zero-order valence-electron chi connectivity index (χ0n) is 19.9. The first-order chi connectivity index (χ1) is 15.9. The van der Waals surface area contributed by atoms with Crippen LogP contribution in [0.1, 0.15) is 55.5 Å². The molecule has 5 rings (SSSR count). The molecule has 1 aromatic carbocycles. The Bertz CT molecular complexity index is 1070. The van der Waals surface area contributed by atoms with Gasteiger partial charge in [-0.3, -0.25) is 14.5 Å². The topological polar surface area (TPSA) is 50.3 Å². The Balaban J connectivity index is 1.20. The van der Waals surface area contributed by atoms with E-state index in [1.807, 2.05) is 20.0 Å². The molecule has 33 heavy (non-hydrogen) atoms. The summed E-state index contributed by atoms with van der Waals surface area (Å²) in [6.07, 6.45) is 5.12. The molecule has 0 N–H and O–H groups in total. The minimum Gasteiger partial charge on any atom is -0.361 e. The Morgan fingerprint density at radius 3 is 2.36 bits per heavy atom. The average Bonchev–Trinajstić information content (AvgIpc) is 3.39. The molecule has 0 saturated carbocycles. The van der Waals surface area contributed by atoms with Crippen molar-refractivity contribution in [2.75, 3.05) is 26.2 Å².